The molecule has 0 aliphatic carbocycles. The smallest absolute Gasteiger partial charge is 0.0510 e. The average molecular weight is 266 g/mol. The first-order valence-corrected chi connectivity index (χ1v) is 8.61. The van der Waals surface area contributed by atoms with Gasteiger partial charge in [0.25, 0.3) is 0 Å². The van der Waals surface area contributed by atoms with Gasteiger partial charge >= 0.3 is 0 Å². The largest absolute Gasteiger partial charge is 0.289 e. The second kappa shape index (κ2) is 7.64. The number of hydrogen-bond acceptors (Lipinski definition) is 2. The van der Waals surface area contributed by atoms with Crippen LogP contribution in [-0.4, -0.2) is 42.1 Å². The third-order valence-electron chi connectivity index (χ3n) is 5.02. The Bertz CT molecular complexity index is 238. The highest BCUT2D eigenvalue weighted by molar-refractivity contribution is 4.85. The Kier molecular flexibility index (Phi) is 6.15. The fraction of sp³-hybridized carbons (Fsp3) is 1.00. The van der Waals surface area contributed by atoms with Crippen LogP contribution >= 0.6 is 0 Å². The highest BCUT2D eigenvalue weighted by Crippen LogP contribution is 2.24. The predicted octanol–water partition coefficient (Wildman–Crippen LogP) is 3.97. The van der Waals surface area contributed by atoms with E-state index in [9.17, 15) is 0 Å². The topological polar surface area (TPSA) is 6.48 Å². The molecule has 0 radical (unpaired) electrons. The Labute approximate surface area is 120 Å². The SMILES string of the molecule is CC(C)CCCC(C)CCN1CC2CCCCN2C1. The Hall–Kier alpha value is -0.0800. The van der Waals surface area contributed by atoms with Crippen molar-refractivity contribution in [3.8, 4) is 0 Å². The first kappa shape index (κ1) is 15.3. The van der Waals surface area contributed by atoms with E-state index >= 15 is 0 Å². The van der Waals surface area contributed by atoms with Crippen LogP contribution in [0.25, 0.3) is 0 Å². The molecule has 0 amide bonds. The van der Waals surface area contributed by atoms with Gasteiger partial charge in [-0.25, -0.2) is 0 Å². The van der Waals surface area contributed by atoms with Gasteiger partial charge in [0, 0.05) is 12.6 Å². The lowest BCUT2D eigenvalue weighted by Crippen LogP contribution is -2.35. The molecule has 0 saturated carbocycles. The lowest BCUT2D eigenvalue weighted by molar-refractivity contribution is 0.182. The average Bonchev–Trinajstić information content (AvgIpc) is 2.78. The molecule has 2 saturated heterocycles. The number of nitrogens with zero attached hydrogens (tertiary/aromatic N) is 2. The highest BCUT2D eigenvalue weighted by Gasteiger charge is 2.31. The van der Waals surface area contributed by atoms with Crippen LogP contribution < -0.4 is 0 Å². The Balaban J connectivity index is 1.58. The van der Waals surface area contributed by atoms with Gasteiger partial charge in [0.15, 0.2) is 0 Å². The third kappa shape index (κ3) is 5.07. The monoisotopic (exact) mass is 266 g/mol. The number of piperidine rings is 1. The molecule has 2 rings (SSSR count). The minimum Gasteiger partial charge on any atom is -0.289 e. The standard InChI is InChI=1S/C17H34N2/c1-15(2)7-6-8-16(3)10-12-18-13-17-9-4-5-11-19(17)14-18/h15-17H,4-14H2,1-3H3. The van der Waals surface area contributed by atoms with Crippen molar-refractivity contribution in [1.82, 2.24) is 9.80 Å². The molecule has 2 unspecified atom stereocenters. The second-order valence-electron chi connectivity index (χ2n) is 7.40. The van der Waals surface area contributed by atoms with E-state index in [1.165, 1.54) is 71.2 Å². The first-order valence-electron chi connectivity index (χ1n) is 8.61. The van der Waals surface area contributed by atoms with Gasteiger partial charge in [0.05, 0.1) is 6.67 Å². The summed E-state index contributed by atoms with van der Waals surface area (Å²) in [6, 6.07) is 0.894. The van der Waals surface area contributed by atoms with Crippen molar-refractivity contribution in [3.05, 3.63) is 0 Å². The van der Waals surface area contributed by atoms with Gasteiger partial charge in [0.1, 0.15) is 0 Å². The van der Waals surface area contributed by atoms with Crippen LogP contribution in [0, 0.1) is 11.8 Å². The van der Waals surface area contributed by atoms with E-state index in [0.29, 0.717) is 0 Å². The van der Waals surface area contributed by atoms with Crippen molar-refractivity contribution in [2.45, 2.75) is 71.8 Å². The molecule has 0 aromatic heterocycles. The zero-order valence-corrected chi connectivity index (χ0v) is 13.4. The molecule has 0 aromatic rings. The summed E-state index contributed by atoms with van der Waals surface area (Å²) >= 11 is 0. The molecular formula is C17H34N2. The maximum absolute atomic E-state index is 2.72. The van der Waals surface area contributed by atoms with Gasteiger partial charge in [-0.05, 0) is 44.2 Å². The molecule has 2 heterocycles. The normalized spacial score (nSPS) is 26.8. The number of hydrogen-bond donors (Lipinski definition) is 0. The summed E-state index contributed by atoms with van der Waals surface area (Å²) in [6.07, 6.45) is 9.99. The maximum Gasteiger partial charge on any atom is 0.0510 e. The fourth-order valence-corrected chi connectivity index (χ4v) is 3.65. The summed E-state index contributed by atoms with van der Waals surface area (Å²) in [5.74, 6) is 1.79. The van der Waals surface area contributed by atoms with Crippen LogP contribution in [0.15, 0.2) is 0 Å². The first-order chi connectivity index (χ1) is 9.15. The van der Waals surface area contributed by atoms with Gasteiger partial charge in [0.2, 0.25) is 0 Å². The quantitative estimate of drug-likeness (QED) is 0.688. The van der Waals surface area contributed by atoms with Crippen molar-refractivity contribution < 1.29 is 0 Å². The fourth-order valence-electron chi connectivity index (χ4n) is 3.65. The third-order valence-corrected chi connectivity index (χ3v) is 5.02. The summed E-state index contributed by atoms with van der Waals surface area (Å²) < 4.78 is 0. The second-order valence-corrected chi connectivity index (χ2v) is 7.40. The van der Waals surface area contributed by atoms with E-state index in [2.05, 4.69) is 30.6 Å². The Morgan fingerprint density at radius 1 is 1.05 bits per heavy atom. The van der Waals surface area contributed by atoms with Crippen molar-refractivity contribution in [2.75, 3.05) is 26.3 Å². The molecular weight excluding hydrogens is 232 g/mol. The van der Waals surface area contributed by atoms with Gasteiger partial charge in [-0.3, -0.25) is 9.80 Å². The van der Waals surface area contributed by atoms with Crippen molar-refractivity contribution in [3.63, 3.8) is 0 Å². The molecule has 2 heteroatoms. The van der Waals surface area contributed by atoms with Crippen LogP contribution in [0.2, 0.25) is 0 Å². The van der Waals surface area contributed by atoms with Crippen molar-refractivity contribution >= 4 is 0 Å². The van der Waals surface area contributed by atoms with Gasteiger partial charge in [-0.15, -0.1) is 0 Å². The van der Waals surface area contributed by atoms with Crippen LogP contribution in [-0.2, 0) is 0 Å². The van der Waals surface area contributed by atoms with Gasteiger partial charge < -0.3 is 0 Å². The number of rotatable bonds is 7. The summed E-state index contributed by atoms with van der Waals surface area (Å²) in [5, 5.41) is 0. The van der Waals surface area contributed by atoms with E-state index in [-0.39, 0.29) is 0 Å². The molecule has 2 fully saturated rings. The van der Waals surface area contributed by atoms with Crippen LogP contribution in [0.1, 0.15) is 65.7 Å². The molecule has 0 bridgehead atoms. The van der Waals surface area contributed by atoms with Crippen LogP contribution in [0.4, 0.5) is 0 Å². The molecule has 0 spiro atoms. The molecule has 2 aliphatic heterocycles. The molecule has 0 aromatic carbocycles. The Morgan fingerprint density at radius 3 is 2.63 bits per heavy atom. The summed E-state index contributed by atoms with van der Waals surface area (Å²) in [7, 11) is 0. The summed E-state index contributed by atoms with van der Waals surface area (Å²) in [6.45, 7) is 12.4. The molecule has 19 heavy (non-hydrogen) atoms. The van der Waals surface area contributed by atoms with E-state index in [0.717, 1.165) is 17.9 Å². The van der Waals surface area contributed by atoms with E-state index in [4.69, 9.17) is 0 Å². The van der Waals surface area contributed by atoms with E-state index < -0.39 is 0 Å². The summed E-state index contributed by atoms with van der Waals surface area (Å²) in [5.41, 5.74) is 0. The molecule has 2 aliphatic rings. The lowest BCUT2D eigenvalue weighted by atomic mass is 9.97. The van der Waals surface area contributed by atoms with Gasteiger partial charge in [-0.2, -0.15) is 0 Å². The minimum atomic E-state index is 0.877. The van der Waals surface area contributed by atoms with Crippen LogP contribution in [0.5, 0.6) is 0 Å². The maximum atomic E-state index is 2.72. The Morgan fingerprint density at radius 2 is 1.89 bits per heavy atom. The molecule has 2 atom stereocenters. The van der Waals surface area contributed by atoms with Crippen LogP contribution in [0.3, 0.4) is 0 Å². The lowest BCUT2D eigenvalue weighted by Gasteiger charge is -2.27. The summed E-state index contributed by atoms with van der Waals surface area (Å²) in [4.78, 5) is 5.42. The minimum absolute atomic E-state index is 0.877. The van der Waals surface area contributed by atoms with E-state index in [1.54, 1.807) is 0 Å². The van der Waals surface area contributed by atoms with E-state index in [1.807, 2.05) is 0 Å². The van der Waals surface area contributed by atoms with Crippen molar-refractivity contribution in [1.29, 1.82) is 0 Å². The highest BCUT2D eigenvalue weighted by atomic mass is 15.4. The molecule has 112 valence electrons. The zero-order chi connectivity index (χ0) is 13.7. The molecule has 2 nitrogen and oxygen atoms in total. The number of fused-ring (bicyclic) bond motifs is 1. The predicted molar refractivity (Wildman–Crippen MR) is 83.3 cm³/mol. The van der Waals surface area contributed by atoms with Crippen molar-refractivity contribution in [2.24, 2.45) is 11.8 Å². The zero-order valence-electron chi connectivity index (χ0n) is 13.4. The molecule has 0 N–H and O–H groups in total. The van der Waals surface area contributed by atoms with Gasteiger partial charge in [-0.1, -0.05) is 46.5 Å².